The number of hydrogen-bond donors (Lipinski definition) is 3. The molecule has 44 heavy (non-hydrogen) atoms. The fourth-order valence-electron chi connectivity index (χ4n) is 6.51. The maximum Gasteiger partial charge on any atom is 0.248 e. The Morgan fingerprint density at radius 2 is 1.86 bits per heavy atom. The molecule has 1 aromatic carbocycles. The monoisotopic (exact) mass is 629 g/mol. The summed E-state index contributed by atoms with van der Waals surface area (Å²) in [6.07, 6.45) is 2.70. The number of aryl methyl sites for hydroxylation is 1. The number of halogens is 2. The fourth-order valence-corrected chi connectivity index (χ4v) is 6.51. The molecule has 0 bridgehead atoms. The number of piperazine rings is 1. The molecule has 4 atom stereocenters. The van der Waals surface area contributed by atoms with Gasteiger partial charge in [-0.3, -0.25) is 19.3 Å². The van der Waals surface area contributed by atoms with Crippen molar-refractivity contribution >= 4 is 17.7 Å². The number of amides is 3. The van der Waals surface area contributed by atoms with Crippen LogP contribution in [-0.2, 0) is 25.5 Å². The maximum absolute atomic E-state index is 13.7. The second-order valence-corrected chi connectivity index (χ2v) is 11.7. The second kappa shape index (κ2) is 17.0. The number of likely N-dealkylation sites (N-methyl/N-ethyl adjacent to an activating group) is 1. The van der Waals surface area contributed by atoms with Crippen molar-refractivity contribution in [3.63, 3.8) is 0 Å². The Hall–Kier alpha value is -2.83. The van der Waals surface area contributed by atoms with E-state index in [2.05, 4.69) is 27.7 Å². The summed E-state index contributed by atoms with van der Waals surface area (Å²) in [6.45, 7) is 8.65. The van der Waals surface area contributed by atoms with Crippen LogP contribution >= 0.6 is 0 Å². The summed E-state index contributed by atoms with van der Waals surface area (Å²) in [5.41, 5.74) is 7.00. The zero-order valence-electron chi connectivity index (χ0n) is 26.7. The Kier molecular flexibility index (Phi) is 13.8. The van der Waals surface area contributed by atoms with E-state index in [1.165, 1.54) is 16.9 Å². The normalized spacial score (nSPS) is 25.0. The van der Waals surface area contributed by atoms with E-state index in [9.17, 15) is 23.2 Å². The minimum atomic E-state index is -2.75. The first-order valence-corrected chi connectivity index (χ1v) is 16.1. The summed E-state index contributed by atoms with van der Waals surface area (Å²) in [6, 6.07) is 6.47. The first-order valence-electron chi connectivity index (χ1n) is 16.1. The van der Waals surface area contributed by atoms with Gasteiger partial charge in [-0.05, 0) is 63.6 Å². The van der Waals surface area contributed by atoms with Gasteiger partial charge in [-0.2, -0.15) is 0 Å². The van der Waals surface area contributed by atoms with Crippen molar-refractivity contribution in [1.29, 1.82) is 0 Å². The molecule has 2 saturated heterocycles. The van der Waals surface area contributed by atoms with E-state index in [-0.39, 0.29) is 55.2 Å². The Bertz CT molecular complexity index is 1070. The van der Waals surface area contributed by atoms with Crippen LogP contribution < -0.4 is 21.1 Å². The van der Waals surface area contributed by atoms with Gasteiger partial charge in [-0.15, -0.1) is 0 Å². The third-order valence-electron chi connectivity index (χ3n) is 8.67. The van der Waals surface area contributed by atoms with E-state index < -0.39 is 41.6 Å². The third-order valence-corrected chi connectivity index (χ3v) is 8.67. The molecule has 1 saturated carbocycles. The number of benzene rings is 1. The summed E-state index contributed by atoms with van der Waals surface area (Å²) >= 11 is 0. The zero-order chi connectivity index (χ0) is 32.3. The summed E-state index contributed by atoms with van der Waals surface area (Å²) in [7, 11) is 1.61. The number of alkyl halides is 2. The number of carbonyl (C=O) groups excluding carboxylic acids is 3. The van der Waals surface area contributed by atoms with Crippen molar-refractivity contribution in [2.75, 3.05) is 46.4 Å². The van der Waals surface area contributed by atoms with Crippen molar-refractivity contribution in [2.45, 2.75) is 95.9 Å². The molecule has 3 aliphatic heterocycles. The molecule has 0 spiro atoms. The van der Waals surface area contributed by atoms with Gasteiger partial charge in [0.15, 0.2) is 0 Å². The molecule has 3 fully saturated rings. The molecular weight excluding hydrogens is 572 g/mol. The highest BCUT2D eigenvalue weighted by Crippen LogP contribution is 2.38. The first kappa shape index (κ1) is 35.6. The van der Waals surface area contributed by atoms with Crippen LogP contribution in [-0.4, -0.2) is 104 Å². The van der Waals surface area contributed by atoms with Gasteiger partial charge in [0.25, 0.3) is 0 Å². The number of primary amides is 1. The molecule has 5 rings (SSSR count). The van der Waals surface area contributed by atoms with Crippen LogP contribution in [0.1, 0.15) is 69.1 Å². The van der Waals surface area contributed by atoms with Gasteiger partial charge in [-0.1, -0.05) is 32.0 Å². The standard InChI is InChI=1S/C21H35F2N5O4.C9H10O.C2H6.3H2/c1-3-32-15-8-14-10-28(16(19(24)30)12-27(14)11-15)20(31)18(26-17(29)9-25-2)13-4-6-21(22,23)7-5-13;1-2-6-9-8(4-1)5-3-7-10-9;1-2;;;/h13-16,18,25H,3-12H2,1-2H3,(H2,24,30)(H,26,29);1-2,4,6H,3,5,7H2;1-2H3;3*1H/t14-,15-,16+,18+;;;;;/m1...../s1. The molecule has 0 radical (unpaired) electrons. The Balaban J connectivity index is 0.00000119. The largest absolute Gasteiger partial charge is 0.493 e. The number of ether oxygens (including phenoxy) is 2. The molecular formula is C32H57F2N5O5. The lowest BCUT2D eigenvalue weighted by atomic mass is 9.81. The third kappa shape index (κ3) is 9.58. The van der Waals surface area contributed by atoms with E-state index >= 15 is 0 Å². The molecule has 12 heteroatoms. The molecule has 0 aromatic heterocycles. The van der Waals surface area contributed by atoms with Gasteiger partial charge >= 0.3 is 0 Å². The van der Waals surface area contributed by atoms with E-state index in [1.54, 1.807) is 7.05 Å². The predicted molar refractivity (Wildman–Crippen MR) is 171 cm³/mol. The lowest BCUT2D eigenvalue weighted by Crippen LogP contribution is -2.66. The number of para-hydroxylation sites is 1. The van der Waals surface area contributed by atoms with Crippen LogP contribution in [0, 0.1) is 5.92 Å². The molecule has 254 valence electrons. The SMILES string of the molecule is CC.CCO[C@@H]1C[C@@H]2CN(C(=O)[C@@H](NC(=O)CNC)C3CCC(F)(F)CC3)[C@H](C(N)=O)CN2C1.[HH].[HH].[HH].c1ccc2c(c1)CCCO2. The van der Waals surface area contributed by atoms with E-state index in [1.807, 2.05) is 32.9 Å². The lowest BCUT2D eigenvalue weighted by molar-refractivity contribution is -0.149. The number of nitrogens with zero attached hydrogens (tertiary/aromatic N) is 2. The molecule has 1 aliphatic carbocycles. The van der Waals surface area contributed by atoms with Gasteiger partial charge in [0.1, 0.15) is 17.8 Å². The van der Waals surface area contributed by atoms with Gasteiger partial charge in [-0.25, -0.2) is 8.78 Å². The molecule has 1 aromatic rings. The lowest BCUT2D eigenvalue weighted by Gasteiger charge is -2.44. The number of fused-ring (bicyclic) bond motifs is 2. The van der Waals surface area contributed by atoms with Gasteiger partial charge in [0.2, 0.25) is 23.6 Å². The summed E-state index contributed by atoms with van der Waals surface area (Å²) in [5.74, 6) is -3.53. The van der Waals surface area contributed by atoms with Crippen molar-refractivity contribution in [3.05, 3.63) is 29.8 Å². The summed E-state index contributed by atoms with van der Waals surface area (Å²) in [4.78, 5) is 41.8. The van der Waals surface area contributed by atoms with Crippen LogP contribution in [0.25, 0.3) is 0 Å². The van der Waals surface area contributed by atoms with E-state index in [4.69, 9.17) is 15.2 Å². The topological polar surface area (TPSA) is 126 Å². The molecule has 4 N–H and O–H groups in total. The Morgan fingerprint density at radius 1 is 1.16 bits per heavy atom. The van der Waals surface area contributed by atoms with Crippen LogP contribution in [0.3, 0.4) is 0 Å². The summed E-state index contributed by atoms with van der Waals surface area (Å²) < 4.78 is 38.6. The number of rotatable bonds is 8. The molecule has 0 unspecified atom stereocenters. The molecule has 3 amide bonds. The smallest absolute Gasteiger partial charge is 0.248 e. The van der Waals surface area contributed by atoms with Crippen molar-refractivity contribution in [1.82, 2.24) is 20.4 Å². The average Bonchev–Trinajstić information content (AvgIpc) is 3.42. The van der Waals surface area contributed by atoms with E-state index in [0.717, 1.165) is 25.2 Å². The minimum absolute atomic E-state index is 0. The first-order chi connectivity index (χ1) is 21.1. The predicted octanol–water partition coefficient (Wildman–Crippen LogP) is 3.47. The van der Waals surface area contributed by atoms with Crippen LogP contribution in [0.2, 0.25) is 0 Å². The molecule has 3 heterocycles. The number of nitrogens with one attached hydrogen (secondary N) is 2. The van der Waals surface area contributed by atoms with Crippen LogP contribution in [0.4, 0.5) is 8.78 Å². The number of hydrogen-bond acceptors (Lipinski definition) is 7. The van der Waals surface area contributed by atoms with Crippen LogP contribution in [0.15, 0.2) is 24.3 Å². The number of carbonyl (C=O) groups is 3. The molecule has 4 aliphatic rings. The van der Waals surface area contributed by atoms with Gasteiger partial charge < -0.3 is 30.7 Å². The highest BCUT2D eigenvalue weighted by atomic mass is 19.3. The van der Waals surface area contributed by atoms with Crippen molar-refractivity contribution in [2.24, 2.45) is 11.7 Å². The highest BCUT2D eigenvalue weighted by molar-refractivity contribution is 5.92. The Labute approximate surface area is 264 Å². The quantitative estimate of drug-likeness (QED) is 0.402. The van der Waals surface area contributed by atoms with Crippen molar-refractivity contribution < 1.29 is 36.9 Å². The maximum atomic E-state index is 13.7. The average molecular weight is 630 g/mol. The molecule has 10 nitrogen and oxygen atoms in total. The van der Waals surface area contributed by atoms with Crippen molar-refractivity contribution in [3.8, 4) is 5.75 Å². The van der Waals surface area contributed by atoms with E-state index in [0.29, 0.717) is 19.7 Å². The number of nitrogens with two attached hydrogens (primary N) is 1. The second-order valence-electron chi connectivity index (χ2n) is 11.7. The van der Waals surface area contributed by atoms with Crippen LogP contribution in [0.5, 0.6) is 5.75 Å². The minimum Gasteiger partial charge on any atom is -0.493 e. The summed E-state index contributed by atoms with van der Waals surface area (Å²) in [5, 5.41) is 5.46. The zero-order valence-corrected chi connectivity index (χ0v) is 26.7. The van der Waals surface area contributed by atoms with Gasteiger partial charge in [0.05, 0.1) is 19.3 Å². The highest BCUT2D eigenvalue weighted by Gasteiger charge is 2.47. The Morgan fingerprint density at radius 3 is 2.50 bits per heavy atom. The van der Waals surface area contributed by atoms with Gasteiger partial charge in [0, 0.05) is 49.4 Å². The fraction of sp³-hybridized carbons (Fsp3) is 0.719.